The Morgan fingerprint density at radius 2 is 2.09 bits per heavy atom. The van der Waals surface area contributed by atoms with E-state index in [1.807, 2.05) is 26.0 Å². The molecule has 0 saturated heterocycles. The second-order valence-electron chi connectivity index (χ2n) is 5.36. The molecule has 1 amide bonds. The van der Waals surface area contributed by atoms with Gasteiger partial charge in [0, 0.05) is 5.56 Å². The second kappa shape index (κ2) is 6.38. The lowest BCUT2D eigenvalue weighted by atomic mass is 10.1. The van der Waals surface area contributed by atoms with E-state index >= 15 is 0 Å². The molecule has 0 fully saturated rings. The van der Waals surface area contributed by atoms with Crippen molar-refractivity contribution >= 4 is 32.6 Å². The Hall–Kier alpha value is -2.40. The van der Waals surface area contributed by atoms with Gasteiger partial charge in [0.05, 0.1) is 16.8 Å². The first-order chi connectivity index (χ1) is 11.1. The van der Waals surface area contributed by atoms with Crippen LogP contribution in [0.4, 0.5) is 5.13 Å². The number of nitrogens with one attached hydrogen (secondary N) is 1. The van der Waals surface area contributed by atoms with E-state index < -0.39 is 0 Å². The molecule has 5 heteroatoms. The molecule has 118 valence electrons. The van der Waals surface area contributed by atoms with Gasteiger partial charge in [0.15, 0.2) is 5.13 Å². The van der Waals surface area contributed by atoms with Crippen molar-refractivity contribution in [2.45, 2.75) is 20.8 Å². The van der Waals surface area contributed by atoms with Crippen molar-refractivity contribution < 1.29 is 9.53 Å². The maximum atomic E-state index is 12.4. The maximum absolute atomic E-state index is 12.4. The van der Waals surface area contributed by atoms with Crippen LogP contribution in [0.1, 0.15) is 28.4 Å². The number of anilines is 1. The van der Waals surface area contributed by atoms with Crippen molar-refractivity contribution in [3.8, 4) is 5.75 Å². The van der Waals surface area contributed by atoms with Crippen molar-refractivity contribution in [2.24, 2.45) is 0 Å². The lowest BCUT2D eigenvalue weighted by molar-refractivity contribution is 0.102. The van der Waals surface area contributed by atoms with E-state index in [0.29, 0.717) is 23.1 Å². The fourth-order valence-corrected chi connectivity index (χ4v) is 3.52. The molecule has 0 spiro atoms. The zero-order chi connectivity index (χ0) is 16.4. The Bertz CT molecular complexity index is 871. The number of hydrogen-bond acceptors (Lipinski definition) is 4. The zero-order valence-corrected chi connectivity index (χ0v) is 14.2. The van der Waals surface area contributed by atoms with Crippen LogP contribution < -0.4 is 10.1 Å². The molecule has 0 aliphatic heterocycles. The summed E-state index contributed by atoms with van der Waals surface area (Å²) < 4.78 is 6.51. The Kier molecular flexibility index (Phi) is 4.30. The number of carbonyl (C=O) groups excluding carboxylic acids is 1. The van der Waals surface area contributed by atoms with Crippen LogP contribution in [-0.4, -0.2) is 17.5 Å². The van der Waals surface area contributed by atoms with Crippen molar-refractivity contribution in [3.05, 3.63) is 53.1 Å². The molecule has 1 N–H and O–H groups in total. The number of thiazole rings is 1. The Labute approximate surface area is 139 Å². The normalized spacial score (nSPS) is 10.7. The Morgan fingerprint density at radius 1 is 1.26 bits per heavy atom. The van der Waals surface area contributed by atoms with Gasteiger partial charge in [0.2, 0.25) is 0 Å². The minimum atomic E-state index is -0.181. The molecular weight excluding hydrogens is 308 g/mol. The fraction of sp³-hybridized carbons (Fsp3) is 0.222. The minimum Gasteiger partial charge on any atom is -0.494 e. The third kappa shape index (κ3) is 3.35. The topological polar surface area (TPSA) is 51.2 Å². The molecule has 0 aliphatic carbocycles. The predicted octanol–water partition coefficient (Wildman–Crippen LogP) is 4.56. The summed E-state index contributed by atoms with van der Waals surface area (Å²) in [7, 11) is 0. The van der Waals surface area contributed by atoms with Crippen LogP contribution >= 0.6 is 11.3 Å². The van der Waals surface area contributed by atoms with Gasteiger partial charge >= 0.3 is 0 Å². The van der Waals surface area contributed by atoms with E-state index in [4.69, 9.17) is 4.74 Å². The molecular formula is C18H18N2O2S. The molecule has 1 heterocycles. The van der Waals surface area contributed by atoms with Gasteiger partial charge in [-0.2, -0.15) is 0 Å². The first-order valence-corrected chi connectivity index (χ1v) is 8.30. The van der Waals surface area contributed by atoms with Crippen LogP contribution in [0, 0.1) is 13.8 Å². The highest BCUT2D eigenvalue weighted by Crippen LogP contribution is 2.29. The lowest BCUT2D eigenvalue weighted by Gasteiger charge is -2.05. The average Bonchev–Trinajstić information content (AvgIpc) is 2.90. The van der Waals surface area contributed by atoms with Crippen LogP contribution in [0.15, 0.2) is 36.4 Å². The Balaban J connectivity index is 1.85. The summed E-state index contributed by atoms with van der Waals surface area (Å²) in [5.74, 6) is 0.510. The molecule has 0 bridgehead atoms. The molecule has 0 unspecified atom stereocenters. The van der Waals surface area contributed by atoms with Crippen LogP contribution in [0.25, 0.3) is 10.2 Å². The van der Waals surface area contributed by atoms with Crippen LogP contribution in [0.3, 0.4) is 0 Å². The molecule has 3 rings (SSSR count). The largest absolute Gasteiger partial charge is 0.494 e. The predicted molar refractivity (Wildman–Crippen MR) is 94.7 cm³/mol. The third-order valence-electron chi connectivity index (χ3n) is 3.46. The number of fused-ring (bicyclic) bond motifs is 1. The van der Waals surface area contributed by atoms with Crippen molar-refractivity contribution in [3.63, 3.8) is 0 Å². The summed E-state index contributed by atoms with van der Waals surface area (Å²) in [6, 6.07) is 11.3. The van der Waals surface area contributed by atoms with E-state index in [0.717, 1.165) is 15.8 Å². The van der Waals surface area contributed by atoms with E-state index in [1.165, 1.54) is 16.9 Å². The summed E-state index contributed by atoms with van der Waals surface area (Å²) in [5.41, 5.74) is 3.82. The number of nitrogens with zero attached hydrogens (tertiary/aromatic N) is 1. The molecule has 1 aromatic heterocycles. The number of hydrogen-bond donors (Lipinski definition) is 1. The second-order valence-corrected chi connectivity index (χ2v) is 6.39. The van der Waals surface area contributed by atoms with Gasteiger partial charge in [-0.05, 0) is 56.2 Å². The SMILES string of the molecule is CCOc1cccc(C(=O)Nc2nc3c(C)cc(C)cc3s2)c1. The number of benzene rings is 2. The van der Waals surface area contributed by atoms with Gasteiger partial charge in [-0.25, -0.2) is 4.98 Å². The first-order valence-electron chi connectivity index (χ1n) is 7.49. The number of amides is 1. The fourth-order valence-electron chi connectivity index (χ4n) is 2.49. The number of carbonyl (C=O) groups is 1. The van der Waals surface area contributed by atoms with E-state index in [1.54, 1.807) is 12.1 Å². The smallest absolute Gasteiger partial charge is 0.257 e. The number of ether oxygens (including phenoxy) is 1. The van der Waals surface area contributed by atoms with E-state index in [-0.39, 0.29) is 5.91 Å². The molecule has 0 saturated carbocycles. The lowest BCUT2D eigenvalue weighted by Crippen LogP contribution is -2.11. The van der Waals surface area contributed by atoms with E-state index in [2.05, 4.69) is 29.4 Å². The number of rotatable bonds is 4. The van der Waals surface area contributed by atoms with Gasteiger partial charge in [-0.3, -0.25) is 10.1 Å². The van der Waals surface area contributed by atoms with Gasteiger partial charge in [0.25, 0.3) is 5.91 Å². The highest BCUT2D eigenvalue weighted by atomic mass is 32.1. The van der Waals surface area contributed by atoms with Crippen molar-refractivity contribution in [1.82, 2.24) is 4.98 Å². The van der Waals surface area contributed by atoms with Crippen molar-refractivity contribution in [1.29, 1.82) is 0 Å². The monoisotopic (exact) mass is 326 g/mol. The van der Waals surface area contributed by atoms with Crippen molar-refractivity contribution in [2.75, 3.05) is 11.9 Å². The molecule has 0 aliphatic rings. The Morgan fingerprint density at radius 3 is 2.87 bits per heavy atom. The van der Waals surface area contributed by atoms with Gasteiger partial charge < -0.3 is 4.74 Å². The number of aromatic nitrogens is 1. The summed E-state index contributed by atoms with van der Waals surface area (Å²) in [4.78, 5) is 16.9. The van der Waals surface area contributed by atoms with Crippen LogP contribution in [0.2, 0.25) is 0 Å². The van der Waals surface area contributed by atoms with Crippen LogP contribution in [0.5, 0.6) is 5.75 Å². The minimum absolute atomic E-state index is 0.181. The summed E-state index contributed by atoms with van der Waals surface area (Å²) in [6.45, 7) is 6.58. The molecule has 4 nitrogen and oxygen atoms in total. The van der Waals surface area contributed by atoms with Crippen LogP contribution in [-0.2, 0) is 0 Å². The molecule has 0 radical (unpaired) electrons. The van der Waals surface area contributed by atoms with E-state index in [9.17, 15) is 4.79 Å². The third-order valence-corrected chi connectivity index (χ3v) is 4.38. The summed E-state index contributed by atoms with van der Waals surface area (Å²) >= 11 is 1.49. The highest BCUT2D eigenvalue weighted by molar-refractivity contribution is 7.22. The maximum Gasteiger partial charge on any atom is 0.257 e. The van der Waals surface area contributed by atoms with Gasteiger partial charge in [-0.1, -0.05) is 23.5 Å². The molecule has 23 heavy (non-hydrogen) atoms. The molecule has 0 atom stereocenters. The summed E-state index contributed by atoms with van der Waals surface area (Å²) in [5, 5.41) is 3.49. The average molecular weight is 326 g/mol. The highest BCUT2D eigenvalue weighted by Gasteiger charge is 2.12. The zero-order valence-electron chi connectivity index (χ0n) is 13.3. The first kappa shape index (κ1) is 15.5. The quantitative estimate of drug-likeness (QED) is 0.764. The molecule has 3 aromatic rings. The summed E-state index contributed by atoms with van der Waals surface area (Å²) in [6.07, 6.45) is 0. The standard InChI is InChI=1S/C18H18N2O2S/c1-4-22-14-7-5-6-13(10-14)17(21)20-18-19-16-12(3)8-11(2)9-15(16)23-18/h5-10H,4H2,1-3H3,(H,19,20,21). The van der Waals surface area contributed by atoms with Gasteiger partial charge in [0.1, 0.15) is 5.75 Å². The van der Waals surface area contributed by atoms with Gasteiger partial charge in [-0.15, -0.1) is 0 Å². The molecule has 2 aromatic carbocycles. The number of aryl methyl sites for hydroxylation is 2.